The van der Waals surface area contributed by atoms with Crippen LogP contribution < -0.4 is 5.73 Å². The van der Waals surface area contributed by atoms with Gasteiger partial charge in [0.2, 0.25) is 0 Å². The van der Waals surface area contributed by atoms with Gasteiger partial charge >= 0.3 is 0 Å². The Hall–Kier alpha value is -0.0400. The highest BCUT2D eigenvalue weighted by Gasteiger charge is 2.12. The molecule has 0 fully saturated rings. The Morgan fingerprint density at radius 1 is 0.722 bits per heavy atom. The van der Waals surface area contributed by atoms with E-state index < -0.39 is 0 Å². The van der Waals surface area contributed by atoms with E-state index in [0.29, 0.717) is 12.0 Å². The number of hydrogen-bond donors (Lipinski definition) is 1. The van der Waals surface area contributed by atoms with Crippen LogP contribution in [0.5, 0.6) is 0 Å². The van der Waals surface area contributed by atoms with Crippen LogP contribution in [0.2, 0.25) is 0 Å². The van der Waals surface area contributed by atoms with E-state index in [-0.39, 0.29) is 0 Å². The molecule has 1 nitrogen and oxygen atoms in total. The van der Waals surface area contributed by atoms with Gasteiger partial charge in [0.25, 0.3) is 0 Å². The molecule has 0 aliphatic carbocycles. The summed E-state index contributed by atoms with van der Waals surface area (Å²) in [4.78, 5) is 0. The fourth-order valence-electron chi connectivity index (χ4n) is 2.51. The predicted octanol–water partition coefficient (Wildman–Crippen LogP) is 5.53. The first kappa shape index (κ1) is 18.0. The first-order valence-electron chi connectivity index (χ1n) is 8.33. The summed E-state index contributed by atoms with van der Waals surface area (Å²) in [5, 5.41) is 0. The second kappa shape index (κ2) is 12.0. The van der Waals surface area contributed by atoms with Crippen molar-refractivity contribution in [3.63, 3.8) is 0 Å². The molecular weight excluding hydrogens is 218 g/mol. The lowest BCUT2D eigenvalue weighted by molar-refractivity contribution is 0.370. The van der Waals surface area contributed by atoms with Crippen molar-refractivity contribution in [1.82, 2.24) is 0 Å². The van der Waals surface area contributed by atoms with Crippen LogP contribution in [0.25, 0.3) is 0 Å². The molecule has 110 valence electrons. The van der Waals surface area contributed by atoms with Crippen molar-refractivity contribution in [2.75, 3.05) is 0 Å². The van der Waals surface area contributed by atoms with Crippen molar-refractivity contribution < 1.29 is 0 Å². The maximum atomic E-state index is 6.27. The van der Waals surface area contributed by atoms with Gasteiger partial charge in [0.1, 0.15) is 0 Å². The van der Waals surface area contributed by atoms with Gasteiger partial charge in [-0.15, -0.1) is 0 Å². The van der Waals surface area contributed by atoms with Gasteiger partial charge in [-0.1, -0.05) is 79.1 Å². The van der Waals surface area contributed by atoms with Gasteiger partial charge in [0.05, 0.1) is 0 Å². The second-order valence-corrected chi connectivity index (χ2v) is 6.52. The Labute approximate surface area is 116 Å². The molecule has 0 saturated heterocycles. The fourth-order valence-corrected chi connectivity index (χ4v) is 2.51. The number of nitrogens with two attached hydrogens (primary N) is 1. The van der Waals surface area contributed by atoms with E-state index in [1.807, 2.05) is 0 Å². The zero-order chi connectivity index (χ0) is 13.8. The standard InChI is InChI=1S/C17H37N/c1-5-6-7-8-9-10-13-16(4)17(18)14-11-12-15(2)3/h15-17H,5-14,18H2,1-4H3. The summed E-state index contributed by atoms with van der Waals surface area (Å²) in [6.07, 6.45) is 13.6. The van der Waals surface area contributed by atoms with Gasteiger partial charge < -0.3 is 5.73 Å². The number of unbranched alkanes of at least 4 members (excludes halogenated alkanes) is 5. The maximum Gasteiger partial charge on any atom is 0.00645 e. The third-order valence-electron chi connectivity index (χ3n) is 4.06. The monoisotopic (exact) mass is 255 g/mol. The Bertz CT molecular complexity index is 165. The lowest BCUT2D eigenvalue weighted by atomic mass is 9.91. The molecule has 0 amide bonds. The van der Waals surface area contributed by atoms with E-state index in [9.17, 15) is 0 Å². The normalized spacial score (nSPS) is 15.0. The van der Waals surface area contributed by atoms with Crippen LogP contribution in [0.1, 0.15) is 91.9 Å². The largest absolute Gasteiger partial charge is 0.327 e. The molecule has 1 heteroatoms. The minimum Gasteiger partial charge on any atom is -0.327 e. The molecule has 0 aromatic heterocycles. The lowest BCUT2D eigenvalue weighted by Gasteiger charge is -2.20. The minimum absolute atomic E-state index is 0.430. The van der Waals surface area contributed by atoms with Crippen LogP contribution in [0, 0.1) is 11.8 Å². The smallest absolute Gasteiger partial charge is 0.00645 e. The third kappa shape index (κ3) is 11.1. The predicted molar refractivity (Wildman–Crippen MR) is 83.8 cm³/mol. The molecule has 0 aromatic carbocycles. The molecule has 0 spiro atoms. The first-order valence-corrected chi connectivity index (χ1v) is 8.33. The van der Waals surface area contributed by atoms with Gasteiger partial charge in [0, 0.05) is 6.04 Å². The molecule has 2 unspecified atom stereocenters. The summed E-state index contributed by atoms with van der Waals surface area (Å²) in [7, 11) is 0. The van der Waals surface area contributed by atoms with E-state index in [1.54, 1.807) is 0 Å². The van der Waals surface area contributed by atoms with E-state index in [2.05, 4.69) is 27.7 Å². The summed E-state index contributed by atoms with van der Waals surface area (Å²) in [5.74, 6) is 1.54. The number of rotatable bonds is 12. The van der Waals surface area contributed by atoms with E-state index in [1.165, 1.54) is 64.2 Å². The molecule has 0 aromatic rings. The zero-order valence-electron chi connectivity index (χ0n) is 13.4. The van der Waals surface area contributed by atoms with Crippen molar-refractivity contribution in [3.05, 3.63) is 0 Å². The van der Waals surface area contributed by atoms with Crippen LogP contribution in [-0.2, 0) is 0 Å². The minimum atomic E-state index is 0.430. The summed E-state index contributed by atoms with van der Waals surface area (Å²) in [6, 6.07) is 0.430. The van der Waals surface area contributed by atoms with Crippen molar-refractivity contribution in [1.29, 1.82) is 0 Å². The van der Waals surface area contributed by atoms with Crippen molar-refractivity contribution in [2.45, 2.75) is 97.9 Å². The van der Waals surface area contributed by atoms with Crippen LogP contribution in [0.15, 0.2) is 0 Å². The van der Waals surface area contributed by atoms with Crippen LogP contribution in [0.3, 0.4) is 0 Å². The Balaban J connectivity index is 3.41. The highest BCUT2D eigenvalue weighted by molar-refractivity contribution is 4.69. The Morgan fingerprint density at radius 3 is 1.94 bits per heavy atom. The maximum absolute atomic E-state index is 6.27. The van der Waals surface area contributed by atoms with Gasteiger partial charge in [-0.05, 0) is 24.7 Å². The summed E-state index contributed by atoms with van der Waals surface area (Å²) >= 11 is 0. The van der Waals surface area contributed by atoms with Crippen molar-refractivity contribution in [3.8, 4) is 0 Å². The highest BCUT2D eigenvalue weighted by atomic mass is 14.6. The van der Waals surface area contributed by atoms with Gasteiger partial charge in [0.15, 0.2) is 0 Å². The molecule has 0 aliphatic heterocycles. The molecule has 0 rings (SSSR count). The SMILES string of the molecule is CCCCCCCCC(C)C(N)CCCC(C)C. The number of hydrogen-bond acceptors (Lipinski definition) is 1. The second-order valence-electron chi connectivity index (χ2n) is 6.52. The molecule has 2 atom stereocenters. The molecule has 0 heterocycles. The molecule has 18 heavy (non-hydrogen) atoms. The summed E-state index contributed by atoms with van der Waals surface area (Å²) < 4.78 is 0. The highest BCUT2D eigenvalue weighted by Crippen LogP contribution is 2.18. The molecular formula is C17H37N. The van der Waals surface area contributed by atoms with Crippen LogP contribution >= 0.6 is 0 Å². The molecule has 0 aliphatic rings. The Morgan fingerprint density at radius 2 is 1.33 bits per heavy atom. The molecule has 0 bridgehead atoms. The fraction of sp³-hybridized carbons (Fsp3) is 1.00. The van der Waals surface area contributed by atoms with E-state index >= 15 is 0 Å². The van der Waals surface area contributed by atoms with Gasteiger partial charge in [-0.25, -0.2) is 0 Å². The van der Waals surface area contributed by atoms with Crippen LogP contribution in [0.4, 0.5) is 0 Å². The molecule has 0 saturated carbocycles. The average molecular weight is 255 g/mol. The van der Waals surface area contributed by atoms with Crippen molar-refractivity contribution >= 4 is 0 Å². The third-order valence-corrected chi connectivity index (χ3v) is 4.06. The lowest BCUT2D eigenvalue weighted by Crippen LogP contribution is -2.28. The molecule has 0 radical (unpaired) electrons. The summed E-state index contributed by atoms with van der Waals surface area (Å²) in [6.45, 7) is 9.21. The quantitative estimate of drug-likeness (QED) is 0.456. The van der Waals surface area contributed by atoms with Gasteiger partial charge in [-0.2, -0.15) is 0 Å². The van der Waals surface area contributed by atoms with Crippen molar-refractivity contribution in [2.24, 2.45) is 17.6 Å². The summed E-state index contributed by atoms with van der Waals surface area (Å²) in [5.41, 5.74) is 6.27. The van der Waals surface area contributed by atoms with E-state index in [4.69, 9.17) is 5.73 Å². The van der Waals surface area contributed by atoms with Gasteiger partial charge in [-0.3, -0.25) is 0 Å². The molecule has 2 N–H and O–H groups in total. The first-order chi connectivity index (χ1) is 8.57. The average Bonchev–Trinajstić information content (AvgIpc) is 2.32. The Kier molecular flexibility index (Phi) is 12.0. The topological polar surface area (TPSA) is 26.0 Å². The zero-order valence-corrected chi connectivity index (χ0v) is 13.4. The van der Waals surface area contributed by atoms with Crippen LogP contribution in [-0.4, -0.2) is 6.04 Å². The van der Waals surface area contributed by atoms with E-state index in [0.717, 1.165) is 5.92 Å².